The van der Waals surface area contributed by atoms with Gasteiger partial charge in [-0.1, -0.05) is 18.2 Å². The van der Waals surface area contributed by atoms with Crippen molar-refractivity contribution in [3.8, 4) is 0 Å². The summed E-state index contributed by atoms with van der Waals surface area (Å²) < 4.78 is 0. The lowest BCUT2D eigenvalue weighted by molar-refractivity contribution is 0.104. The highest BCUT2D eigenvalue weighted by Crippen LogP contribution is 2.15. The van der Waals surface area contributed by atoms with Crippen molar-refractivity contribution in [3.63, 3.8) is 0 Å². The molecule has 0 aliphatic carbocycles. The molecule has 0 saturated carbocycles. The van der Waals surface area contributed by atoms with Gasteiger partial charge in [0.1, 0.15) is 0 Å². The van der Waals surface area contributed by atoms with Gasteiger partial charge in [0.2, 0.25) is 0 Å². The fraction of sp³-hybridized carbons (Fsp3) is 0. The van der Waals surface area contributed by atoms with Gasteiger partial charge in [-0.25, -0.2) is 0 Å². The first-order chi connectivity index (χ1) is 10.2. The van der Waals surface area contributed by atoms with E-state index in [2.05, 4.69) is 4.98 Å². The highest BCUT2D eigenvalue weighted by atomic mass is 16.1. The quantitative estimate of drug-likeness (QED) is 0.450. The number of allylic oxidation sites excluding steroid dienone is 1. The molecule has 0 aliphatic rings. The SMILES string of the molecule is Nc1ccc(C(=O)/C=C/c2ccc3ncccc3c2)cc1. The average Bonchev–Trinajstić information content (AvgIpc) is 2.53. The number of anilines is 1. The van der Waals surface area contributed by atoms with Crippen LogP contribution in [0.2, 0.25) is 0 Å². The van der Waals surface area contributed by atoms with Crippen LogP contribution in [0.5, 0.6) is 0 Å². The van der Waals surface area contributed by atoms with Crippen LogP contribution in [0.4, 0.5) is 5.69 Å². The number of pyridine rings is 1. The molecule has 2 N–H and O–H groups in total. The molecule has 3 aromatic rings. The summed E-state index contributed by atoms with van der Waals surface area (Å²) in [5, 5.41) is 1.06. The predicted molar refractivity (Wildman–Crippen MR) is 86.0 cm³/mol. The monoisotopic (exact) mass is 274 g/mol. The van der Waals surface area contributed by atoms with Crippen molar-refractivity contribution in [2.75, 3.05) is 5.73 Å². The molecule has 3 nitrogen and oxygen atoms in total. The summed E-state index contributed by atoms with van der Waals surface area (Å²) in [6, 6.07) is 16.7. The number of benzene rings is 2. The van der Waals surface area contributed by atoms with E-state index in [9.17, 15) is 4.79 Å². The maximum Gasteiger partial charge on any atom is 0.185 e. The van der Waals surface area contributed by atoms with E-state index in [-0.39, 0.29) is 5.78 Å². The Labute approximate surface area is 122 Å². The molecule has 0 atom stereocenters. The standard InChI is InChI=1S/C18H14N2O/c19-16-7-5-14(6-8-16)18(21)10-4-13-3-9-17-15(12-13)2-1-11-20-17/h1-12H,19H2/b10-4+. The molecule has 3 rings (SSSR count). The molecule has 0 bridgehead atoms. The number of nitrogens with zero attached hydrogens (tertiary/aromatic N) is 1. The molecule has 0 fully saturated rings. The molecule has 0 saturated heterocycles. The molecule has 0 unspecified atom stereocenters. The first-order valence-corrected chi connectivity index (χ1v) is 6.65. The molecule has 102 valence electrons. The molecular formula is C18H14N2O. The fourth-order valence-electron chi connectivity index (χ4n) is 2.11. The summed E-state index contributed by atoms with van der Waals surface area (Å²) in [7, 11) is 0. The van der Waals surface area contributed by atoms with Gasteiger partial charge in [0.25, 0.3) is 0 Å². The minimum atomic E-state index is -0.0405. The topological polar surface area (TPSA) is 56.0 Å². The van der Waals surface area contributed by atoms with Crippen molar-refractivity contribution in [1.82, 2.24) is 4.98 Å². The van der Waals surface area contributed by atoms with E-state index in [0.717, 1.165) is 16.5 Å². The maximum absolute atomic E-state index is 12.1. The van der Waals surface area contributed by atoms with E-state index in [0.29, 0.717) is 11.3 Å². The second-order valence-electron chi connectivity index (χ2n) is 4.78. The summed E-state index contributed by atoms with van der Waals surface area (Å²) in [6.07, 6.45) is 5.15. The van der Waals surface area contributed by atoms with E-state index in [1.54, 1.807) is 36.5 Å². The lowest BCUT2D eigenvalue weighted by Gasteiger charge is -1.99. The number of carbonyl (C=O) groups excluding carboxylic acids is 1. The molecule has 21 heavy (non-hydrogen) atoms. The first-order valence-electron chi connectivity index (χ1n) is 6.65. The van der Waals surface area contributed by atoms with E-state index in [1.807, 2.05) is 36.4 Å². The Bertz CT molecular complexity index is 820. The second-order valence-corrected chi connectivity index (χ2v) is 4.78. The van der Waals surface area contributed by atoms with Crippen molar-refractivity contribution in [1.29, 1.82) is 0 Å². The first kappa shape index (κ1) is 13.1. The van der Waals surface area contributed by atoms with Gasteiger partial charge < -0.3 is 5.73 Å². The third-order valence-electron chi connectivity index (χ3n) is 3.25. The van der Waals surface area contributed by atoms with E-state index in [1.165, 1.54) is 0 Å². The highest BCUT2D eigenvalue weighted by Gasteiger charge is 2.01. The van der Waals surface area contributed by atoms with E-state index >= 15 is 0 Å². The largest absolute Gasteiger partial charge is 0.399 e. The molecule has 1 aromatic heterocycles. The van der Waals surface area contributed by atoms with E-state index in [4.69, 9.17) is 5.73 Å². The normalized spacial score (nSPS) is 11.0. The third-order valence-corrected chi connectivity index (χ3v) is 3.25. The van der Waals surface area contributed by atoms with Gasteiger partial charge in [0.15, 0.2) is 5.78 Å². The maximum atomic E-state index is 12.1. The van der Waals surface area contributed by atoms with Crippen LogP contribution in [0.1, 0.15) is 15.9 Å². The van der Waals surface area contributed by atoms with Gasteiger partial charge in [-0.2, -0.15) is 0 Å². The fourth-order valence-corrected chi connectivity index (χ4v) is 2.11. The molecule has 3 heteroatoms. The zero-order chi connectivity index (χ0) is 14.7. The Morgan fingerprint density at radius 3 is 2.67 bits per heavy atom. The number of hydrogen-bond acceptors (Lipinski definition) is 3. The Hall–Kier alpha value is -2.94. The Balaban J connectivity index is 1.83. The minimum absolute atomic E-state index is 0.0405. The third kappa shape index (κ3) is 2.98. The van der Waals surface area contributed by atoms with E-state index < -0.39 is 0 Å². The number of fused-ring (bicyclic) bond motifs is 1. The van der Waals surface area contributed by atoms with Gasteiger partial charge in [0, 0.05) is 22.8 Å². The smallest absolute Gasteiger partial charge is 0.185 e. The summed E-state index contributed by atoms with van der Waals surface area (Å²) >= 11 is 0. The van der Waals surface area contributed by atoms with Crippen molar-refractivity contribution in [2.45, 2.75) is 0 Å². The van der Waals surface area contributed by atoms with Gasteiger partial charge in [-0.05, 0) is 54.1 Å². The lowest BCUT2D eigenvalue weighted by Crippen LogP contribution is -1.94. The van der Waals surface area contributed by atoms with Crippen LogP contribution in [-0.4, -0.2) is 10.8 Å². The number of rotatable bonds is 3. The van der Waals surface area contributed by atoms with Crippen LogP contribution < -0.4 is 5.73 Å². The number of nitrogen functional groups attached to an aromatic ring is 1. The molecular weight excluding hydrogens is 260 g/mol. The van der Waals surface area contributed by atoms with Crippen LogP contribution >= 0.6 is 0 Å². The van der Waals surface area contributed by atoms with Crippen molar-refractivity contribution in [3.05, 3.63) is 78.0 Å². The zero-order valence-electron chi connectivity index (χ0n) is 11.4. The van der Waals surface area contributed by atoms with Crippen LogP contribution in [0, 0.1) is 0 Å². The Morgan fingerprint density at radius 2 is 1.86 bits per heavy atom. The predicted octanol–water partition coefficient (Wildman–Crippen LogP) is 3.71. The van der Waals surface area contributed by atoms with Gasteiger partial charge in [-0.15, -0.1) is 0 Å². The summed E-state index contributed by atoms with van der Waals surface area (Å²) in [6.45, 7) is 0. The highest BCUT2D eigenvalue weighted by molar-refractivity contribution is 6.07. The van der Waals surface area contributed by atoms with Crippen molar-refractivity contribution >= 4 is 28.4 Å². The lowest BCUT2D eigenvalue weighted by atomic mass is 10.1. The van der Waals surface area contributed by atoms with Crippen LogP contribution in [0.3, 0.4) is 0 Å². The van der Waals surface area contributed by atoms with Crippen molar-refractivity contribution in [2.24, 2.45) is 0 Å². The minimum Gasteiger partial charge on any atom is -0.399 e. The number of aromatic nitrogens is 1. The van der Waals surface area contributed by atoms with Crippen LogP contribution in [0.25, 0.3) is 17.0 Å². The average molecular weight is 274 g/mol. The van der Waals surface area contributed by atoms with Gasteiger partial charge >= 0.3 is 0 Å². The molecule has 0 spiro atoms. The number of hydrogen-bond donors (Lipinski definition) is 1. The van der Waals surface area contributed by atoms with Crippen LogP contribution in [-0.2, 0) is 0 Å². The molecule has 2 aromatic carbocycles. The summed E-state index contributed by atoms with van der Waals surface area (Å²) in [4.78, 5) is 16.3. The van der Waals surface area contributed by atoms with Crippen LogP contribution in [0.15, 0.2) is 66.9 Å². The Kier molecular flexibility index (Phi) is 3.48. The molecule has 0 aliphatic heterocycles. The molecule has 0 radical (unpaired) electrons. The summed E-state index contributed by atoms with van der Waals surface area (Å²) in [5.74, 6) is -0.0405. The second kappa shape index (κ2) is 5.59. The Morgan fingerprint density at radius 1 is 1.05 bits per heavy atom. The number of carbonyl (C=O) groups is 1. The van der Waals surface area contributed by atoms with Gasteiger partial charge in [0.05, 0.1) is 5.52 Å². The van der Waals surface area contributed by atoms with Gasteiger partial charge in [-0.3, -0.25) is 9.78 Å². The molecule has 1 heterocycles. The molecule has 0 amide bonds. The van der Waals surface area contributed by atoms with Crippen molar-refractivity contribution < 1.29 is 4.79 Å². The summed E-state index contributed by atoms with van der Waals surface area (Å²) in [5.41, 5.74) is 8.80. The number of nitrogens with two attached hydrogens (primary N) is 1. The number of ketones is 1. The zero-order valence-corrected chi connectivity index (χ0v) is 11.4.